The zero-order chi connectivity index (χ0) is 9.90. The van der Waals surface area contributed by atoms with Crippen LogP contribution in [0.2, 0.25) is 5.02 Å². The summed E-state index contributed by atoms with van der Waals surface area (Å²) in [7, 11) is -3.19. The second-order valence-corrected chi connectivity index (χ2v) is 5.49. The predicted molar refractivity (Wildman–Crippen MR) is 57.4 cm³/mol. The summed E-state index contributed by atoms with van der Waals surface area (Å²) in [5.41, 5.74) is 0. The molecule has 1 aromatic carbocycles. The monoisotopic (exact) mass is 236 g/mol. The van der Waals surface area contributed by atoms with Crippen LogP contribution in [0.15, 0.2) is 29.2 Å². The van der Waals surface area contributed by atoms with E-state index in [1.54, 1.807) is 12.1 Å². The molecule has 0 N–H and O–H groups in total. The standard InChI is InChI=1S/C8H9ClO2S2/c9-7-2-1-3-8(6-7)13(10,11)5-4-12/h1-3,6,12H,4-5H2. The predicted octanol–water partition coefficient (Wildman–Crippen LogP) is 2.04. The Morgan fingerprint density at radius 1 is 1.38 bits per heavy atom. The Morgan fingerprint density at radius 2 is 2.08 bits per heavy atom. The van der Waals surface area contributed by atoms with Crippen molar-refractivity contribution in [2.75, 3.05) is 11.5 Å². The van der Waals surface area contributed by atoms with E-state index in [-0.39, 0.29) is 10.6 Å². The first-order valence-electron chi connectivity index (χ1n) is 3.65. The number of thiol groups is 1. The molecule has 13 heavy (non-hydrogen) atoms. The molecule has 0 radical (unpaired) electrons. The second kappa shape index (κ2) is 4.35. The van der Waals surface area contributed by atoms with Crippen LogP contribution in [-0.2, 0) is 9.84 Å². The number of rotatable bonds is 3. The summed E-state index contributed by atoms with van der Waals surface area (Å²) in [6.45, 7) is 0. The molecule has 0 saturated heterocycles. The number of halogens is 1. The molecule has 0 aliphatic rings. The maximum Gasteiger partial charge on any atom is 0.179 e. The molecule has 0 aliphatic heterocycles. The van der Waals surface area contributed by atoms with Crippen LogP contribution in [0.25, 0.3) is 0 Å². The molecule has 0 spiro atoms. The summed E-state index contributed by atoms with van der Waals surface area (Å²) in [6, 6.07) is 6.24. The molecule has 0 bridgehead atoms. The summed E-state index contributed by atoms with van der Waals surface area (Å²) in [5, 5.41) is 0.431. The van der Waals surface area contributed by atoms with E-state index >= 15 is 0 Å². The Balaban J connectivity index is 3.08. The Bertz CT molecular complexity index is 387. The molecule has 0 heterocycles. The molecule has 2 nitrogen and oxygen atoms in total. The Labute approximate surface area is 88.2 Å². The Kier molecular flexibility index (Phi) is 3.64. The van der Waals surface area contributed by atoms with E-state index in [2.05, 4.69) is 12.6 Å². The molecular weight excluding hydrogens is 228 g/mol. The average Bonchev–Trinajstić information content (AvgIpc) is 2.04. The molecule has 0 aliphatic carbocycles. The third kappa shape index (κ3) is 2.90. The minimum absolute atomic E-state index is 0.0381. The number of hydrogen-bond acceptors (Lipinski definition) is 3. The minimum Gasteiger partial charge on any atom is -0.224 e. The van der Waals surface area contributed by atoms with E-state index in [4.69, 9.17) is 11.6 Å². The second-order valence-electron chi connectivity index (χ2n) is 2.50. The summed E-state index contributed by atoms with van der Waals surface area (Å²) in [5.74, 6) is 0.352. The zero-order valence-electron chi connectivity index (χ0n) is 6.77. The number of benzene rings is 1. The molecule has 72 valence electrons. The topological polar surface area (TPSA) is 34.1 Å². The lowest BCUT2D eigenvalue weighted by Gasteiger charge is -2.01. The molecule has 1 rings (SSSR count). The van der Waals surface area contributed by atoms with Gasteiger partial charge in [0.25, 0.3) is 0 Å². The first-order chi connectivity index (χ1) is 6.06. The van der Waals surface area contributed by atoms with Gasteiger partial charge in [-0.2, -0.15) is 12.6 Å². The van der Waals surface area contributed by atoms with Gasteiger partial charge in [0.2, 0.25) is 0 Å². The molecule has 0 saturated carbocycles. The van der Waals surface area contributed by atoms with Crippen molar-refractivity contribution >= 4 is 34.1 Å². The molecule has 5 heteroatoms. The van der Waals surface area contributed by atoms with Gasteiger partial charge in [0.1, 0.15) is 0 Å². The van der Waals surface area contributed by atoms with Gasteiger partial charge in [0.15, 0.2) is 9.84 Å². The van der Waals surface area contributed by atoms with E-state index in [1.807, 2.05) is 0 Å². The fraction of sp³-hybridized carbons (Fsp3) is 0.250. The van der Waals surface area contributed by atoms with Crippen LogP contribution in [0.1, 0.15) is 0 Å². The van der Waals surface area contributed by atoms with Crippen molar-refractivity contribution in [1.29, 1.82) is 0 Å². The van der Waals surface area contributed by atoms with Gasteiger partial charge in [0.05, 0.1) is 10.6 Å². The van der Waals surface area contributed by atoms with Gasteiger partial charge in [-0.25, -0.2) is 8.42 Å². The highest BCUT2D eigenvalue weighted by atomic mass is 35.5. The third-order valence-corrected chi connectivity index (χ3v) is 3.99. The lowest BCUT2D eigenvalue weighted by Crippen LogP contribution is -2.07. The highest BCUT2D eigenvalue weighted by Crippen LogP contribution is 2.16. The molecule has 0 fully saturated rings. The van der Waals surface area contributed by atoms with Crippen molar-refractivity contribution in [3.05, 3.63) is 29.3 Å². The van der Waals surface area contributed by atoms with Crippen molar-refractivity contribution in [3.63, 3.8) is 0 Å². The maximum absolute atomic E-state index is 11.5. The van der Waals surface area contributed by atoms with Crippen molar-refractivity contribution in [2.45, 2.75) is 4.90 Å². The van der Waals surface area contributed by atoms with Crippen molar-refractivity contribution in [2.24, 2.45) is 0 Å². The molecule has 0 aromatic heterocycles. The van der Waals surface area contributed by atoms with Crippen molar-refractivity contribution in [1.82, 2.24) is 0 Å². The SMILES string of the molecule is O=S(=O)(CCS)c1cccc(Cl)c1. The van der Waals surface area contributed by atoms with Crippen LogP contribution in [0, 0.1) is 0 Å². The lowest BCUT2D eigenvalue weighted by molar-refractivity contribution is 0.597. The normalized spacial score (nSPS) is 11.5. The van der Waals surface area contributed by atoms with Crippen LogP contribution in [0.3, 0.4) is 0 Å². The van der Waals surface area contributed by atoms with Gasteiger partial charge in [-0.05, 0) is 18.2 Å². The summed E-state index contributed by atoms with van der Waals surface area (Å²) < 4.78 is 23.0. The Morgan fingerprint density at radius 3 is 2.62 bits per heavy atom. The smallest absolute Gasteiger partial charge is 0.179 e. The first-order valence-corrected chi connectivity index (χ1v) is 6.32. The lowest BCUT2D eigenvalue weighted by atomic mass is 10.4. The number of sulfone groups is 1. The quantitative estimate of drug-likeness (QED) is 0.816. The van der Waals surface area contributed by atoms with Gasteiger partial charge in [0, 0.05) is 10.8 Å². The fourth-order valence-corrected chi connectivity index (χ4v) is 2.94. The summed E-state index contributed by atoms with van der Waals surface area (Å²) >= 11 is 9.55. The van der Waals surface area contributed by atoms with Crippen LogP contribution < -0.4 is 0 Å². The molecule has 0 atom stereocenters. The van der Waals surface area contributed by atoms with Gasteiger partial charge in [-0.1, -0.05) is 17.7 Å². The Hall–Kier alpha value is -0.190. The van der Waals surface area contributed by atoms with Gasteiger partial charge in [-0.15, -0.1) is 0 Å². The average molecular weight is 237 g/mol. The van der Waals surface area contributed by atoms with E-state index in [0.29, 0.717) is 10.8 Å². The van der Waals surface area contributed by atoms with E-state index in [1.165, 1.54) is 12.1 Å². The molecule has 1 aromatic rings. The van der Waals surface area contributed by atoms with Crippen LogP contribution in [0.4, 0.5) is 0 Å². The highest BCUT2D eigenvalue weighted by molar-refractivity contribution is 7.92. The van der Waals surface area contributed by atoms with Gasteiger partial charge in [-0.3, -0.25) is 0 Å². The summed E-state index contributed by atoms with van der Waals surface area (Å²) in [6.07, 6.45) is 0. The molecule has 0 amide bonds. The van der Waals surface area contributed by atoms with Crippen LogP contribution in [0.5, 0.6) is 0 Å². The minimum atomic E-state index is -3.19. The molecule has 0 unspecified atom stereocenters. The summed E-state index contributed by atoms with van der Waals surface area (Å²) in [4.78, 5) is 0.258. The molecular formula is C8H9ClO2S2. The van der Waals surface area contributed by atoms with E-state index in [9.17, 15) is 8.42 Å². The number of hydrogen-bond donors (Lipinski definition) is 1. The van der Waals surface area contributed by atoms with Crippen molar-refractivity contribution in [3.8, 4) is 0 Å². The van der Waals surface area contributed by atoms with Gasteiger partial charge < -0.3 is 0 Å². The van der Waals surface area contributed by atoms with Crippen LogP contribution >= 0.6 is 24.2 Å². The third-order valence-electron chi connectivity index (χ3n) is 1.52. The van der Waals surface area contributed by atoms with Crippen LogP contribution in [-0.4, -0.2) is 19.9 Å². The first kappa shape index (κ1) is 10.9. The largest absolute Gasteiger partial charge is 0.224 e. The maximum atomic E-state index is 11.5. The van der Waals surface area contributed by atoms with Crippen molar-refractivity contribution < 1.29 is 8.42 Å². The highest BCUT2D eigenvalue weighted by Gasteiger charge is 2.12. The fourth-order valence-electron chi connectivity index (χ4n) is 0.898. The zero-order valence-corrected chi connectivity index (χ0v) is 9.24. The van der Waals surface area contributed by atoms with Gasteiger partial charge >= 0.3 is 0 Å². The van der Waals surface area contributed by atoms with E-state index < -0.39 is 9.84 Å². The van der Waals surface area contributed by atoms with E-state index in [0.717, 1.165) is 0 Å².